The fourth-order valence-electron chi connectivity index (χ4n) is 6.96. The molecule has 0 radical (unpaired) electrons. The van der Waals surface area contributed by atoms with Crippen molar-refractivity contribution in [3.05, 3.63) is 0 Å². The summed E-state index contributed by atoms with van der Waals surface area (Å²) in [4.78, 5) is 10.1. The van der Waals surface area contributed by atoms with Crippen LogP contribution >= 0.6 is 0 Å². The summed E-state index contributed by atoms with van der Waals surface area (Å²) in [6.45, 7) is -4.54. The maximum atomic E-state index is 11.1. The van der Waals surface area contributed by atoms with Gasteiger partial charge in [0.05, 0.1) is 33.0 Å². The minimum Gasteiger partial charge on any atom is -0.394 e. The van der Waals surface area contributed by atoms with E-state index in [1.807, 2.05) is 0 Å². The summed E-state index contributed by atoms with van der Waals surface area (Å²) in [7, 11) is 0. The Morgan fingerprint density at radius 1 is 0.281 bits per heavy atom. The van der Waals surface area contributed by atoms with Crippen molar-refractivity contribution >= 4 is 0 Å². The molecular weight excluding hydrogens is 792 g/mol. The number of hydrogen-bond donors (Lipinski definition) is 17. The Hall–Kier alpha value is -1.08. The van der Waals surface area contributed by atoms with E-state index < -0.39 is 187 Å². The van der Waals surface area contributed by atoms with Gasteiger partial charge in [0.2, 0.25) is 0 Å². The molecule has 334 valence electrons. The molecule has 17 N–H and O–H groups in total. The van der Waals surface area contributed by atoms with Crippen molar-refractivity contribution in [1.82, 2.24) is 0 Å². The molecule has 5 rings (SSSR count). The molecule has 25 atom stereocenters. The third-order valence-corrected chi connectivity index (χ3v) is 10.3. The van der Waals surface area contributed by atoms with Gasteiger partial charge in [-0.05, 0) is 0 Å². The van der Waals surface area contributed by atoms with Crippen LogP contribution in [0.1, 0.15) is 0 Å². The van der Waals surface area contributed by atoms with Gasteiger partial charge in [0.25, 0.3) is 0 Å². The van der Waals surface area contributed by atoms with Crippen LogP contribution in [0.15, 0.2) is 0 Å². The second-order valence-corrected chi connectivity index (χ2v) is 14.0. The van der Waals surface area contributed by atoms with Crippen LogP contribution in [0.25, 0.3) is 0 Å². The minimum atomic E-state index is -2.12. The van der Waals surface area contributed by atoms with Crippen LogP contribution in [0, 0.1) is 0 Å². The van der Waals surface area contributed by atoms with Crippen LogP contribution in [-0.2, 0) is 47.7 Å². The van der Waals surface area contributed by atoms with E-state index in [1.54, 1.807) is 0 Å². The lowest BCUT2D eigenvalue weighted by molar-refractivity contribution is -0.444. The highest BCUT2D eigenvalue weighted by atomic mass is 17.2. The molecule has 57 heavy (non-hydrogen) atoms. The van der Waals surface area contributed by atoms with Crippen molar-refractivity contribution in [3.8, 4) is 0 Å². The Bertz CT molecular complexity index is 1220. The van der Waals surface area contributed by atoms with Gasteiger partial charge < -0.3 is 125 Å². The van der Waals surface area contributed by atoms with Gasteiger partial charge in [-0.1, -0.05) is 0 Å². The van der Waals surface area contributed by atoms with Crippen molar-refractivity contribution in [2.75, 3.05) is 33.0 Å². The minimum absolute atomic E-state index is 0.805. The van der Waals surface area contributed by atoms with E-state index in [-0.39, 0.29) is 0 Å². The molecule has 0 spiro atoms. The molecule has 5 fully saturated rings. The molecule has 5 saturated heterocycles. The van der Waals surface area contributed by atoms with Crippen LogP contribution < -0.4 is 0 Å². The monoisotopic (exact) mass is 844 g/mol. The Kier molecular flexibility index (Phi) is 16.6. The van der Waals surface area contributed by atoms with Gasteiger partial charge in [-0.25, -0.2) is 9.78 Å². The molecule has 0 aromatic rings. The maximum Gasteiger partial charge on any atom is 0.187 e. The molecule has 0 unspecified atom stereocenters. The van der Waals surface area contributed by atoms with E-state index >= 15 is 0 Å². The zero-order valence-electron chi connectivity index (χ0n) is 29.7. The second-order valence-electron chi connectivity index (χ2n) is 14.0. The first-order valence-corrected chi connectivity index (χ1v) is 17.8. The van der Waals surface area contributed by atoms with Crippen LogP contribution in [0.3, 0.4) is 0 Å². The van der Waals surface area contributed by atoms with Gasteiger partial charge in [-0.15, -0.1) is 0 Å². The Morgan fingerprint density at radius 2 is 0.579 bits per heavy atom. The van der Waals surface area contributed by atoms with Crippen molar-refractivity contribution < 1.29 is 134 Å². The molecule has 27 heteroatoms. The van der Waals surface area contributed by atoms with E-state index in [0.717, 1.165) is 0 Å². The number of rotatable bonds is 14. The molecule has 5 aliphatic rings. The normalized spacial score (nSPS) is 52.5. The smallest absolute Gasteiger partial charge is 0.187 e. The molecule has 0 aliphatic carbocycles. The molecule has 0 aromatic heterocycles. The number of aliphatic hydroxyl groups excluding tert-OH is 17. The highest BCUT2D eigenvalue weighted by Crippen LogP contribution is 2.35. The van der Waals surface area contributed by atoms with Gasteiger partial charge in [-0.3, -0.25) is 0 Å². The summed E-state index contributed by atoms with van der Waals surface area (Å²) >= 11 is 0. The fourth-order valence-corrected chi connectivity index (χ4v) is 6.96. The molecule has 0 aromatic carbocycles. The second kappa shape index (κ2) is 20.2. The lowest BCUT2D eigenvalue weighted by atomic mass is 9.95. The van der Waals surface area contributed by atoms with Gasteiger partial charge in [0, 0.05) is 0 Å². The molecular formula is C30H52O27. The fraction of sp³-hybridized carbons (Fsp3) is 1.00. The average molecular weight is 845 g/mol. The van der Waals surface area contributed by atoms with E-state index in [0.29, 0.717) is 0 Å². The predicted octanol–water partition coefficient (Wildman–Crippen LogP) is -12.0. The molecule has 0 saturated carbocycles. The summed E-state index contributed by atoms with van der Waals surface area (Å²) in [6, 6.07) is 0. The first kappa shape index (κ1) is 47.0. The lowest BCUT2D eigenvalue weighted by Crippen LogP contribution is -2.67. The molecule has 27 nitrogen and oxygen atoms in total. The Labute approximate surface area is 321 Å². The van der Waals surface area contributed by atoms with Crippen LogP contribution in [-0.4, -0.2) is 273 Å². The van der Waals surface area contributed by atoms with Gasteiger partial charge >= 0.3 is 0 Å². The van der Waals surface area contributed by atoms with Gasteiger partial charge in [0.15, 0.2) is 37.6 Å². The third-order valence-electron chi connectivity index (χ3n) is 10.3. The third kappa shape index (κ3) is 9.70. The number of ether oxygens (including phenoxy) is 8. The molecule has 0 bridgehead atoms. The SMILES string of the molecule is OC[C@H]1O[C@@H](O)[C@@H](O)[C@@H](OO[C@H]2[C@H](O)[C@H](O)[C@H](O[C@H]3[C@H](O)[C@H](O)[C@H](O[C@H]4[C@H](O)[C@H](O)[C@H](O[C@H]5[C@H](O)[C@H](O)[C@H](O)O[C@@H]5CO)O[C@@H]4CO)O[C@@H]3CO)O[C@@H]2CO)[C@@H]1O. The highest BCUT2D eigenvalue weighted by molar-refractivity contribution is 4.98. The van der Waals surface area contributed by atoms with E-state index in [1.165, 1.54) is 0 Å². The standard InChI is InChI=1S/C30H52O27/c31-1-6-11(36)25(20(45)27(47)48-6)57-56-24-10(5-35)52-30(19(44)15(24)40)55-23-9(4-34)51-29(18(43)14(23)39)54-22-8(3-33)50-28(17(42)13(22)38)53-21-7(2-32)49-26(46)16(41)12(21)37/h6-47H,1-5H2/t6-,7-,8-,9-,10-,11-,12-,13-,14-,15-,16+,17+,18+,19+,20+,21-,22-,23-,24-,25+,26-,27-,28+,29+,30+/m1/s1. The lowest BCUT2D eigenvalue weighted by Gasteiger charge is -2.49. The van der Waals surface area contributed by atoms with E-state index in [2.05, 4.69) is 0 Å². The first-order valence-electron chi connectivity index (χ1n) is 17.8. The molecule has 5 heterocycles. The summed E-state index contributed by atoms with van der Waals surface area (Å²) < 4.78 is 43.1. The summed E-state index contributed by atoms with van der Waals surface area (Å²) in [5.74, 6) is 0. The van der Waals surface area contributed by atoms with Crippen LogP contribution in [0.5, 0.6) is 0 Å². The number of hydrogen-bond acceptors (Lipinski definition) is 27. The van der Waals surface area contributed by atoms with Crippen molar-refractivity contribution in [2.24, 2.45) is 0 Å². The summed E-state index contributed by atoms with van der Waals surface area (Å²) in [5, 5.41) is 175. The maximum absolute atomic E-state index is 11.1. The topological polar surface area (TPSA) is 436 Å². The van der Waals surface area contributed by atoms with Gasteiger partial charge in [0.1, 0.15) is 116 Å². The van der Waals surface area contributed by atoms with Crippen LogP contribution in [0.4, 0.5) is 0 Å². The Balaban J connectivity index is 1.21. The zero-order valence-corrected chi connectivity index (χ0v) is 29.7. The Morgan fingerprint density at radius 3 is 0.982 bits per heavy atom. The van der Waals surface area contributed by atoms with Crippen molar-refractivity contribution in [3.63, 3.8) is 0 Å². The zero-order chi connectivity index (χ0) is 42.0. The van der Waals surface area contributed by atoms with Gasteiger partial charge in [-0.2, -0.15) is 0 Å². The van der Waals surface area contributed by atoms with E-state index in [4.69, 9.17) is 47.7 Å². The first-order chi connectivity index (χ1) is 27.0. The average Bonchev–Trinajstić information content (AvgIpc) is 3.20. The van der Waals surface area contributed by atoms with E-state index in [9.17, 15) is 86.8 Å². The number of aliphatic hydroxyl groups is 17. The molecule has 5 aliphatic heterocycles. The quantitative estimate of drug-likeness (QED) is 0.0570. The summed E-state index contributed by atoms with van der Waals surface area (Å²) in [5.41, 5.74) is 0. The largest absolute Gasteiger partial charge is 0.394 e. The summed E-state index contributed by atoms with van der Waals surface area (Å²) in [6.07, 6.45) is -46.1. The van der Waals surface area contributed by atoms with Crippen LogP contribution in [0.2, 0.25) is 0 Å². The highest BCUT2D eigenvalue weighted by Gasteiger charge is 2.56. The molecule has 0 amide bonds. The predicted molar refractivity (Wildman–Crippen MR) is 168 cm³/mol. The van der Waals surface area contributed by atoms with Crippen molar-refractivity contribution in [1.29, 1.82) is 0 Å². The van der Waals surface area contributed by atoms with Crippen molar-refractivity contribution in [2.45, 2.75) is 154 Å².